The van der Waals surface area contributed by atoms with Gasteiger partial charge in [0.1, 0.15) is 5.84 Å². The number of amidine groups is 1. The summed E-state index contributed by atoms with van der Waals surface area (Å²) in [7, 11) is 2.04. The fourth-order valence-corrected chi connectivity index (χ4v) is 2.23. The van der Waals surface area contributed by atoms with Crippen LogP contribution in [-0.4, -0.2) is 22.8 Å². The molecule has 0 amide bonds. The van der Waals surface area contributed by atoms with E-state index in [2.05, 4.69) is 9.88 Å². The number of nitrogens with one attached hydrogen (secondary N) is 1. The number of aromatic nitrogens is 1. The molecule has 0 fully saturated rings. The van der Waals surface area contributed by atoms with Gasteiger partial charge in [-0.25, -0.2) is 0 Å². The minimum Gasteiger partial charge on any atom is -0.384 e. The van der Waals surface area contributed by atoms with E-state index in [0.29, 0.717) is 0 Å². The Hall–Kier alpha value is -2.20. The number of aryl methyl sites for hydroxylation is 1. The van der Waals surface area contributed by atoms with Crippen molar-refractivity contribution in [1.29, 1.82) is 5.41 Å². The number of nitrogens with two attached hydrogens (primary N) is 1. The third-order valence-electron chi connectivity index (χ3n) is 3.13. The first kappa shape index (κ1) is 14.2. The van der Waals surface area contributed by atoms with Crippen LogP contribution in [0.15, 0.2) is 42.5 Å². The van der Waals surface area contributed by atoms with E-state index in [-0.39, 0.29) is 5.84 Å². The molecule has 0 saturated carbocycles. The van der Waals surface area contributed by atoms with Gasteiger partial charge in [-0.15, -0.1) is 0 Å². The first-order valence-electron chi connectivity index (χ1n) is 6.59. The van der Waals surface area contributed by atoms with Crippen molar-refractivity contribution >= 4 is 5.84 Å². The molecule has 0 bridgehead atoms. The Labute approximate surface area is 119 Å². The summed E-state index contributed by atoms with van der Waals surface area (Å²) in [6.07, 6.45) is 0. The maximum Gasteiger partial charge on any atom is 0.123 e. The molecule has 4 nitrogen and oxygen atoms in total. The Morgan fingerprint density at radius 1 is 1.15 bits per heavy atom. The molecule has 1 aromatic carbocycles. The Balaban J connectivity index is 2.08. The summed E-state index contributed by atoms with van der Waals surface area (Å²) < 4.78 is 0. The van der Waals surface area contributed by atoms with Gasteiger partial charge in [0.15, 0.2) is 0 Å². The summed E-state index contributed by atoms with van der Waals surface area (Å²) in [6, 6.07) is 13.8. The van der Waals surface area contributed by atoms with E-state index in [4.69, 9.17) is 11.1 Å². The number of hydrogen-bond donors (Lipinski definition) is 2. The van der Waals surface area contributed by atoms with E-state index >= 15 is 0 Å². The van der Waals surface area contributed by atoms with Crippen molar-refractivity contribution in [2.45, 2.75) is 20.0 Å². The monoisotopic (exact) mass is 268 g/mol. The van der Waals surface area contributed by atoms with Crippen LogP contribution < -0.4 is 5.73 Å². The van der Waals surface area contributed by atoms with Gasteiger partial charge in [-0.2, -0.15) is 0 Å². The molecule has 20 heavy (non-hydrogen) atoms. The smallest absolute Gasteiger partial charge is 0.123 e. The van der Waals surface area contributed by atoms with E-state index in [1.54, 1.807) is 0 Å². The molecule has 1 heterocycles. The number of pyridine rings is 1. The lowest BCUT2D eigenvalue weighted by molar-refractivity contribution is 0.315. The van der Waals surface area contributed by atoms with Gasteiger partial charge in [0.05, 0.1) is 5.69 Å². The second kappa shape index (κ2) is 6.30. The molecule has 0 saturated heterocycles. The second-order valence-corrected chi connectivity index (χ2v) is 5.01. The Kier molecular flexibility index (Phi) is 4.48. The van der Waals surface area contributed by atoms with Crippen LogP contribution in [0, 0.1) is 12.3 Å². The minimum atomic E-state index is 0.114. The molecule has 1 aromatic heterocycles. The highest BCUT2D eigenvalue weighted by Gasteiger charge is 2.08. The third-order valence-corrected chi connectivity index (χ3v) is 3.13. The summed E-state index contributed by atoms with van der Waals surface area (Å²) in [5.41, 5.74) is 9.56. The standard InChI is InChI=1S/C16H20N4/c1-12-6-5-8-14(19-12)11-20(2)10-13-7-3-4-9-15(13)16(17)18/h3-9H,10-11H2,1-2H3,(H3,17,18). The Morgan fingerprint density at radius 3 is 2.60 bits per heavy atom. The average molecular weight is 268 g/mol. The zero-order chi connectivity index (χ0) is 14.5. The molecule has 4 heteroatoms. The molecule has 104 valence electrons. The largest absolute Gasteiger partial charge is 0.384 e. The Morgan fingerprint density at radius 2 is 1.90 bits per heavy atom. The average Bonchev–Trinajstić information content (AvgIpc) is 2.38. The number of benzene rings is 1. The van der Waals surface area contributed by atoms with Crippen LogP contribution in [0.25, 0.3) is 0 Å². The quantitative estimate of drug-likeness (QED) is 0.646. The van der Waals surface area contributed by atoms with Crippen LogP contribution >= 0.6 is 0 Å². The van der Waals surface area contributed by atoms with Crippen molar-refractivity contribution in [3.63, 3.8) is 0 Å². The molecule has 0 unspecified atom stereocenters. The van der Waals surface area contributed by atoms with Crippen LogP contribution in [0.5, 0.6) is 0 Å². The molecule has 0 aliphatic heterocycles. The molecule has 3 N–H and O–H groups in total. The zero-order valence-corrected chi connectivity index (χ0v) is 11.9. The normalized spacial score (nSPS) is 10.8. The summed E-state index contributed by atoms with van der Waals surface area (Å²) in [4.78, 5) is 6.67. The summed E-state index contributed by atoms with van der Waals surface area (Å²) in [5.74, 6) is 0.114. The van der Waals surface area contributed by atoms with Crippen molar-refractivity contribution in [1.82, 2.24) is 9.88 Å². The lowest BCUT2D eigenvalue weighted by atomic mass is 10.1. The topological polar surface area (TPSA) is 66.0 Å². The van der Waals surface area contributed by atoms with Crippen molar-refractivity contribution in [2.75, 3.05) is 7.05 Å². The van der Waals surface area contributed by atoms with Gasteiger partial charge in [-0.3, -0.25) is 15.3 Å². The summed E-state index contributed by atoms with van der Waals surface area (Å²) in [6.45, 7) is 3.51. The van der Waals surface area contributed by atoms with E-state index in [1.807, 2.05) is 56.4 Å². The van der Waals surface area contributed by atoms with Gasteiger partial charge < -0.3 is 5.73 Å². The molecule has 0 aliphatic rings. The van der Waals surface area contributed by atoms with Crippen LogP contribution in [0.4, 0.5) is 0 Å². The van der Waals surface area contributed by atoms with Gasteiger partial charge in [0.25, 0.3) is 0 Å². The summed E-state index contributed by atoms with van der Waals surface area (Å²) in [5, 5.41) is 7.62. The molecule has 2 aromatic rings. The van der Waals surface area contributed by atoms with E-state index in [9.17, 15) is 0 Å². The van der Waals surface area contributed by atoms with Crippen molar-refractivity contribution in [2.24, 2.45) is 5.73 Å². The van der Waals surface area contributed by atoms with Crippen LogP contribution in [-0.2, 0) is 13.1 Å². The number of nitrogen functional groups attached to an aromatic ring is 1. The van der Waals surface area contributed by atoms with Crippen molar-refractivity contribution < 1.29 is 0 Å². The van der Waals surface area contributed by atoms with E-state index in [1.165, 1.54) is 0 Å². The molecule has 2 rings (SSSR count). The van der Waals surface area contributed by atoms with Gasteiger partial charge in [-0.05, 0) is 31.7 Å². The highest BCUT2D eigenvalue weighted by molar-refractivity contribution is 5.96. The summed E-state index contributed by atoms with van der Waals surface area (Å²) >= 11 is 0. The third kappa shape index (κ3) is 3.65. The predicted molar refractivity (Wildman–Crippen MR) is 81.6 cm³/mol. The van der Waals surface area contributed by atoms with E-state index in [0.717, 1.165) is 35.6 Å². The van der Waals surface area contributed by atoms with Crippen LogP contribution in [0.1, 0.15) is 22.5 Å². The zero-order valence-electron chi connectivity index (χ0n) is 11.9. The Bertz CT molecular complexity index is 607. The van der Waals surface area contributed by atoms with Gasteiger partial charge in [-0.1, -0.05) is 30.3 Å². The van der Waals surface area contributed by atoms with Crippen molar-refractivity contribution in [3.8, 4) is 0 Å². The van der Waals surface area contributed by atoms with E-state index < -0.39 is 0 Å². The lowest BCUT2D eigenvalue weighted by Crippen LogP contribution is -2.21. The first-order valence-corrected chi connectivity index (χ1v) is 6.59. The lowest BCUT2D eigenvalue weighted by Gasteiger charge is -2.18. The second-order valence-electron chi connectivity index (χ2n) is 5.01. The number of hydrogen-bond acceptors (Lipinski definition) is 3. The SMILES string of the molecule is Cc1cccc(CN(C)Cc2ccccc2C(=N)N)n1. The first-order chi connectivity index (χ1) is 9.56. The highest BCUT2D eigenvalue weighted by atomic mass is 15.1. The molecule has 0 atom stereocenters. The molecule has 0 aliphatic carbocycles. The van der Waals surface area contributed by atoms with Gasteiger partial charge >= 0.3 is 0 Å². The number of nitrogens with zero attached hydrogens (tertiary/aromatic N) is 2. The minimum absolute atomic E-state index is 0.114. The van der Waals surface area contributed by atoms with Crippen molar-refractivity contribution in [3.05, 3.63) is 65.0 Å². The van der Waals surface area contributed by atoms with Gasteiger partial charge in [0.2, 0.25) is 0 Å². The maximum absolute atomic E-state index is 7.62. The fourth-order valence-electron chi connectivity index (χ4n) is 2.23. The van der Waals surface area contributed by atoms with Gasteiger partial charge in [0, 0.05) is 24.3 Å². The fraction of sp³-hybridized carbons (Fsp3) is 0.250. The maximum atomic E-state index is 7.62. The van der Waals surface area contributed by atoms with Crippen LogP contribution in [0.2, 0.25) is 0 Å². The highest BCUT2D eigenvalue weighted by Crippen LogP contribution is 2.12. The molecule has 0 radical (unpaired) electrons. The predicted octanol–water partition coefficient (Wildman–Crippen LogP) is 2.31. The molecule has 0 spiro atoms. The number of rotatable bonds is 5. The molecular weight excluding hydrogens is 248 g/mol. The van der Waals surface area contributed by atoms with Crippen LogP contribution in [0.3, 0.4) is 0 Å². The molecular formula is C16H20N4.